The number of aliphatic imine (C=N–C) groups is 1. The molecule has 3 amide bonds. The van der Waals surface area contributed by atoms with Crippen molar-refractivity contribution in [2.75, 3.05) is 18.4 Å². The lowest BCUT2D eigenvalue weighted by Gasteiger charge is -2.27. The number of amidine groups is 1. The van der Waals surface area contributed by atoms with Crippen LogP contribution in [0.1, 0.15) is 60.8 Å². The van der Waals surface area contributed by atoms with Gasteiger partial charge < -0.3 is 15.5 Å². The minimum Gasteiger partial charge on any atom is -0.351 e. The Morgan fingerprint density at radius 3 is 2.65 bits per heavy atom. The number of benzene rings is 1. The average Bonchev–Trinajstić information content (AvgIpc) is 3.48. The Bertz CT molecular complexity index is 1060. The van der Waals surface area contributed by atoms with Gasteiger partial charge >= 0.3 is 0 Å². The topological polar surface area (TPSA) is 90.9 Å². The summed E-state index contributed by atoms with van der Waals surface area (Å²) in [7, 11) is 0. The number of piperidine rings is 1. The standard InChI is InChI=1S/C25H30N4O3S2/c1-16(2)22(19-10-7-13-33-19)27-23(31)17-8-6-9-18(14-17)26-21(30)15-20-24(32)28-25(34-20)29-11-4-3-5-12-29/h6-10,13-14,16,20,22H,3-5,11-12,15H2,1-2H3,(H,26,30)(H,27,31)/t20-,22+/m1/s1. The molecule has 2 aromatic rings. The first-order valence-corrected chi connectivity index (χ1v) is 13.4. The third kappa shape index (κ3) is 6.07. The van der Waals surface area contributed by atoms with E-state index < -0.39 is 5.25 Å². The lowest BCUT2D eigenvalue weighted by Crippen LogP contribution is -2.33. The van der Waals surface area contributed by atoms with Gasteiger partial charge in [0.25, 0.3) is 11.8 Å². The molecule has 0 bridgehead atoms. The second-order valence-corrected chi connectivity index (χ2v) is 11.1. The zero-order valence-corrected chi connectivity index (χ0v) is 21.1. The van der Waals surface area contributed by atoms with E-state index in [1.54, 1.807) is 35.6 Å². The molecule has 1 aromatic carbocycles. The molecule has 7 nitrogen and oxygen atoms in total. The number of rotatable bonds is 7. The number of hydrogen-bond donors (Lipinski definition) is 2. The van der Waals surface area contributed by atoms with Crippen molar-refractivity contribution in [2.45, 2.75) is 50.8 Å². The fourth-order valence-electron chi connectivity index (χ4n) is 4.11. The Morgan fingerprint density at radius 1 is 1.15 bits per heavy atom. The second-order valence-electron chi connectivity index (χ2n) is 8.93. The predicted octanol–water partition coefficient (Wildman–Crippen LogP) is 4.69. The molecule has 9 heteroatoms. The van der Waals surface area contributed by atoms with Crippen molar-refractivity contribution in [2.24, 2.45) is 10.9 Å². The number of nitrogens with zero attached hydrogens (tertiary/aromatic N) is 2. The number of thiophene rings is 1. The summed E-state index contributed by atoms with van der Waals surface area (Å²) in [6, 6.07) is 10.8. The van der Waals surface area contributed by atoms with E-state index in [0.29, 0.717) is 11.3 Å². The number of carbonyl (C=O) groups is 3. The molecule has 4 rings (SSSR count). The maximum absolute atomic E-state index is 12.9. The van der Waals surface area contributed by atoms with Crippen LogP contribution >= 0.6 is 23.1 Å². The molecule has 1 saturated heterocycles. The van der Waals surface area contributed by atoms with Gasteiger partial charge in [-0.05, 0) is 54.8 Å². The molecule has 1 aromatic heterocycles. The molecule has 0 aliphatic carbocycles. The summed E-state index contributed by atoms with van der Waals surface area (Å²) in [5.41, 5.74) is 1.00. The minimum absolute atomic E-state index is 0.0502. The monoisotopic (exact) mass is 498 g/mol. The summed E-state index contributed by atoms with van der Waals surface area (Å²) in [5, 5.41) is 8.19. The van der Waals surface area contributed by atoms with Gasteiger partial charge in [0.1, 0.15) is 5.25 Å². The summed E-state index contributed by atoms with van der Waals surface area (Å²) in [6.07, 6.45) is 3.47. The highest BCUT2D eigenvalue weighted by Crippen LogP contribution is 2.29. The molecule has 2 aliphatic heterocycles. The Kier molecular flexibility index (Phi) is 8.05. The van der Waals surface area contributed by atoms with Crippen LogP contribution in [0.2, 0.25) is 0 Å². The predicted molar refractivity (Wildman–Crippen MR) is 138 cm³/mol. The van der Waals surface area contributed by atoms with Gasteiger partial charge in [0, 0.05) is 35.6 Å². The molecule has 34 heavy (non-hydrogen) atoms. The average molecular weight is 499 g/mol. The van der Waals surface area contributed by atoms with Crippen molar-refractivity contribution >= 4 is 51.7 Å². The third-order valence-electron chi connectivity index (χ3n) is 5.94. The quantitative estimate of drug-likeness (QED) is 0.578. The highest BCUT2D eigenvalue weighted by molar-refractivity contribution is 8.15. The number of amides is 3. The normalized spacial score (nSPS) is 19.1. The Labute approximate surface area is 208 Å². The Balaban J connectivity index is 1.33. The molecule has 1 fully saturated rings. The first kappa shape index (κ1) is 24.5. The largest absolute Gasteiger partial charge is 0.351 e. The molecule has 2 atom stereocenters. The Hall–Kier alpha value is -2.65. The van der Waals surface area contributed by atoms with Crippen LogP contribution in [0.5, 0.6) is 0 Å². The summed E-state index contributed by atoms with van der Waals surface area (Å²) < 4.78 is 0. The van der Waals surface area contributed by atoms with E-state index in [1.165, 1.54) is 18.2 Å². The van der Waals surface area contributed by atoms with Gasteiger partial charge in [0.2, 0.25) is 5.91 Å². The molecule has 3 heterocycles. The van der Waals surface area contributed by atoms with E-state index in [-0.39, 0.29) is 36.1 Å². The van der Waals surface area contributed by atoms with Crippen LogP contribution in [-0.4, -0.2) is 46.1 Å². The number of carbonyl (C=O) groups excluding carboxylic acids is 3. The molecule has 0 radical (unpaired) electrons. The van der Waals surface area contributed by atoms with Crippen LogP contribution in [-0.2, 0) is 9.59 Å². The Morgan fingerprint density at radius 2 is 1.94 bits per heavy atom. The van der Waals surface area contributed by atoms with Crippen molar-refractivity contribution in [1.29, 1.82) is 0 Å². The van der Waals surface area contributed by atoms with Crippen molar-refractivity contribution in [1.82, 2.24) is 10.2 Å². The number of nitrogens with one attached hydrogen (secondary N) is 2. The van der Waals surface area contributed by atoms with Crippen LogP contribution in [0, 0.1) is 5.92 Å². The van der Waals surface area contributed by atoms with E-state index in [0.717, 1.165) is 36.0 Å². The van der Waals surface area contributed by atoms with Crippen molar-refractivity contribution in [3.8, 4) is 0 Å². The first-order valence-electron chi connectivity index (χ1n) is 11.7. The molecule has 0 unspecified atom stereocenters. The molecular weight excluding hydrogens is 468 g/mol. The molecule has 0 spiro atoms. The highest BCUT2D eigenvalue weighted by Gasteiger charge is 2.33. The number of anilines is 1. The number of likely N-dealkylation sites (tertiary alicyclic amines) is 1. The molecule has 2 N–H and O–H groups in total. The van der Waals surface area contributed by atoms with E-state index in [9.17, 15) is 14.4 Å². The van der Waals surface area contributed by atoms with Gasteiger partial charge in [0.15, 0.2) is 5.17 Å². The van der Waals surface area contributed by atoms with Crippen LogP contribution in [0.4, 0.5) is 5.69 Å². The van der Waals surface area contributed by atoms with Gasteiger partial charge in [-0.15, -0.1) is 11.3 Å². The molecule has 2 aliphatic rings. The van der Waals surface area contributed by atoms with E-state index >= 15 is 0 Å². The number of thioether (sulfide) groups is 1. The zero-order chi connectivity index (χ0) is 24.1. The van der Waals surface area contributed by atoms with E-state index in [1.807, 2.05) is 17.5 Å². The third-order valence-corrected chi connectivity index (χ3v) is 8.11. The molecule has 0 saturated carbocycles. The van der Waals surface area contributed by atoms with Gasteiger partial charge in [-0.25, -0.2) is 0 Å². The summed E-state index contributed by atoms with van der Waals surface area (Å²) in [4.78, 5) is 45.4. The molecular formula is C25H30N4O3S2. The number of hydrogen-bond acceptors (Lipinski definition) is 6. The zero-order valence-electron chi connectivity index (χ0n) is 19.5. The second kappa shape index (κ2) is 11.2. The van der Waals surface area contributed by atoms with Crippen LogP contribution in [0.3, 0.4) is 0 Å². The SMILES string of the molecule is CC(C)[C@H](NC(=O)c1cccc(NC(=O)C[C@H]2SC(N3CCCCC3)=NC2=O)c1)c1cccs1. The summed E-state index contributed by atoms with van der Waals surface area (Å²) in [6.45, 7) is 5.97. The van der Waals surface area contributed by atoms with Gasteiger partial charge in [-0.1, -0.05) is 37.7 Å². The maximum atomic E-state index is 12.9. The van der Waals surface area contributed by atoms with Gasteiger partial charge in [-0.3, -0.25) is 14.4 Å². The smallest absolute Gasteiger partial charge is 0.262 e. The van der Waals surface area contributed by atoms with Crippen molar-refractivity contribution in [3.63, 3.8) is 0 Å². The first-order chi connectivity index (χ1) is 16.4. The fraction of sp³-hybridized carbons (Fsp3) is 0.440. The van der Waals surface area contributed by atoms with Crippen molar-refractivity contribution < 1.29 is 14.4 Å². The van der Waals surface area contributed by atoms with Crippen molar-refractivity contribution in [3.05, 3.63) is 52.2 Å². The van der Waals surface area contributed by atoms with E-state index in [4.69, 9.17) is 0 Å². The maximum Gasteiger partial charge on any atom is 0.262 e. The summed E-state index contributed by atoms with van der Waals surface area (Å²) in [5.74, 6) is -0.465. The molecule has 180 valence electrons. The fourth-order valence-corrected chi connectivity index (χ4v) is 6.17. The summed E-state index contributed by atoms with van der Waals surface area (Å²) >= 11 is 3.00. The van der Waals surface area contributed by atoms with Gasteiger partial charge in [-0.2, -0.15) is 4.99 Å². The van der Waals surface area contributed by atoms with Crippen LogP contribution in [0.25, 0.3) is 0 Å². The van der Waals surface area contributed by atoms with Crippen LogP contribution < -0.4 is 10.6 Å². The lowest BCUT2D eigenvalue weighted by atomic mass is 10.0. The minimum atomic E-state index is -0.499. The lowest BCUT2D eigenvalue weighted by molar-refractivity contribution is -0.121. The highest BCUT2D eigenvalue weighted by atomic mass is 32.2. The van der Waals surface area contributed by atoms with E-state index in [2.05, 4.69) is 34.4 Å². The van der Waals surface area contributed by atoms with Gasteiger partial charge in [0.05, 0.1) is 6.04 Å². The van der Waals surface area contributed by atoms with Crippen LogP contribution in [0.15, 0.2) is 46.8 Å².